The summed E-state index contributed by atoms with van der Waals surface area (Å²) in [6, 6.07) is -2.45. The largest absolute Gasteiger partial charge is 0.481 e. The number of carbonyl (C=O) groups is 4. The van der Waals surface area contributed by atoms with Crippen molar-refractivity contribution < 1.29 is 29.4 Å². The molecule has 0 saturated carbocycles. The lowest BCUT2D eigenvalue weighted by atomic mass is 10.1. The molecule has 0 spiro atoms. The highest BCUT2D eigenvalue weighted by Crippen LogP contribution is 2.39. The average molecular weight is 392 g/mol. The monoisotopic (exact) mass is 392 g/mol. The highest BCUT2D eigenvalue weighted by atomic mass is 33.1. The Balaban J connectivity index is 2.38. The lowest BCUT2D eigenvalue weighted by Gasteiger charge is -2.18. The van der Waals surface area contributed by atoms with E-state index >= 15 is 0 Å². The predicted octanol–water partition coefficient (Wildman–Crippen LogP) is 1.25. The van der Waals surface area contributed by atoms with E-state index in [-0.39, 0.29) is 6.42 Å². The van der Waals surface area contributed by atoms with Crippen molar-refractivity contribution in [2.75, 3.05) is 5.75 Å². The van der Waals surface area contributed by atoms with Crippen LogP contribution in [-0.2, 0) is 19.2 Å². The van der Waals surface area contributed by atoms with Gasteiger partial charge in [-0.2, -0.15) is 0 Å². The van der Waals surface area contributed by atoms with Crippen LogP contribution in [0.4, 0.5) is 0 Å². The van der Waals surface area contributed by atoms with E-state index in [0.717, 1.165) is 18.6 Å². The molecule has 0 bridgehead atoms. The molecule has 8 nitrogen and oxygen atoms in total. The highest BCUT2D eigenvalue weighted by Gasteiger charge is 2.26. The van der Waals surface area contributed by atoms with E-state index in [2.05, 4.69) is 10.6 Å². The Bertz CT molecular complexity index is 496. The number of carboxylic acid groups (broad SMARTS) is 2. The van der Waals surface area contributed by atoms with Gasteiger partial charge >= 0.3 is 11.9 Å². The molecule has 0 aromatic carbocycles. The van der Waals surface area contributed by atoms with E-state index in [1.54, 1.807) is 0 Å². The van der Waals surface area contributed by atoms with Crippen molar-refractivity contribution in [2.24, 2.45) is 0 Å². The predicted molar refractivity (Wildman–Crippen MR) is 96.3 cm³/mol. The van der Waals surface area contributed by atoms with Gasteiger partial charge in [-0.15, -0.1) is 0 Å². The van der Waals surface area contributed by atoms with Crippen LogP contribution >= 0.6 is 21.6 Å². The zero-order chi connectivity index (χ0) is 18.8. The van der Waals surface area contributed by atoms with Crippen LogP contribution in [0.3, 0.4) is 0 Å². The topological polar surface area (TPSA) is 133 Å². The lowest BCUT2D eigenvalue weighted by molar-refractivity contribution is -0.143. The number of rotatable bonds is 11. The molecule has 25 heavy (non-hydrogen) atoms. The molecule has 2 amide bonds. The molecular formula is C15H24N2O6S2. The zero-order valence-electron chi connectivity index (χ0n) is 14.0. The van der Waals surface area contributed by atoms with Crippen LogP contribution in [-0.4, -0.2) is 57.1 Å². The summed E-state index contributed by atoms with van der Waals surface area (Å²) in [5, 5.41) is 22.9. The minimum Gasteiger partial charge on any atom is -0.481 e. The van der Waals surface area contributed by atoms with Crippen LogP contribution in [0.1, 0.15) is 45.4 Å². The minimum atomic E-state index is -1.28. The maximum absolute atomic E-state index is 12.0. The third-order valence-electron chi connectivity index (χ3n) is 3.67. The standard InChI is InChI=1S/C15H24N2O6S2/c1-9(15(22)23)16-14(21)11(8-13(19)20)17-12(18)5-3-2-4-10-6-7-24-25-10/h9-11H,2-8H2,1H3,(H,16,21)(H,17,18)(H,19,20)(H,22,23). The summed E-state index contributed by atoms with van der Waals surface area (Å²) in [5.41, 5.74) is 0. The Morgan fingerprint density at radius 3 is 2.44 bits per heavy atom. The number of nitrogens with one attached hydrogen (secondary N) is 2. The van der Waals surface area contributed by atoms with Gasteiger partial charge < -0.3 is 20.8 Å². The number of carboxylic acids is 2. The van der Waals surface area contributed by atoms with Gasteiger partial charge in [-0.3, -0.25) is 19.2 Å². The summed E-state index contributed by atoms with van der Waals surface area (Å²) in [4.78, 5) is 45.6. The molecule has 3 atom stereocenters. The highest BCUT2D eigenvalue weighted by molar-refractivity contribution is 8.77. The summed E-state index contributed by atoms with van der Waals surface area (Å²) >= 11 is 0. The summed E-state index contributed by atoms with van der Waals surface area (Å²) in [7, 11) is 3.75. The van der Waals surface area contributed by atoms with Crippen molar-refractivity contribution in [3.8, 4) is 0 Å². The third-order valence-corrected chi connectivity index (χ3v) is 6.67. The molecule has 1 heterocycles. The first-order valence-corrected chi connectivity index (χ1v) is 10.5. The SMILES string of the molecule is CC(NC(=O)C(CC(=O)O)NC(=O)CCCCC1CCSS1)C(=O)O. The maximum atomic E-state index is 12.0. The normalized spacial score (nSPS) is 19.0. The molecule has 0 radical (unpaired) electrons. The molecule has 0 aliphatic carbocycles. The maximum Gasteiger partial charge on any atom is 0.325 e. The summed E-state index contributed by atoms with van der Waals surface area (Å²) in [5.74, 6) is -2.55. The number of amides is 2. The van der Waals surface area contributed by atoms with Gasteiger partial charge in [0.05, 0.1) is 6.42 Å². The van der Waals surface area contributed by atoms with Crippen molar-refractivity contribution in [1.29, 1.82) is 0 Å². The quantitative estimate of drug-likeness (QED) is 0.305. The van der Waals surface area contributed by atoms with Gasteiger partial charge in [-0.25, -0.2) is 0 Å². The van der Waals surface area contributed by atoms with Gasteiger partial charge in [0.25, 0.3) is 0 Å². The van der Waals surface area contributed by atoms with E-state index in [0.29, 0.717) is 11.7 Å². The molecule has 3 unspecified atom stereocenters. The number of hydrogen-bond donors (Lipinski definition) is 4. The van der Waals surface area contributed by atoms with Crippen molar-refractivity contribution >= 4 is 45.3 Å². The second kappa shape index (κ2) is 11.2. The molecule has 1 rings (SSSR count). The molecule has 10 heteroatoms. The fourth-order valence-corrected chi connectivity index (χ4v) is 5.28. The first kappa shape index (κ1) is 21.6. The van der Waals surface area contributed by atoms with E-state index < -0.39 is 42.3 Å². The van der Waals surface area contributed by atoms with E-state index in [1.165, 1.54) is 13.3 Å². The van der Waals surface area contributed by atoms with Crippen molar-refractivity contribution in [2.45, 2.75) is 62.8 Å². The van der Waals surface area contributed by atoms with Crippen molar-refractivity contribution in [3.05, 3.63) is 0 Å². The van der Waals surface area contributed by atoms with E-state index in [4.69, 9.17) is 10.2 Å². The Morgan fingerprint density at radius 2 is 1.88 bits per heavy atom. The molecular weight excluding hydrogens is 368 g/mol. The van der Waals surface area contributed by atoms with Crippen LogP contribution in [0.25, 0.3) is 0 Å². The van der Waals surface area contributed by atoms with Crippen LogP contribution < -0.4 is 10.6 Å². The second-order valence-corrected chi connectivity index (χ2v) is 8.65. The van der Waals surface area contributed by atoms with Gasteiger partial charge in [0.2, 0.25) is 11.8 Å². The summed E-state index contributed by atoms with van der Waals surface area (Å²) < 4.78 is 0. The second-order valence-electron chi connectivity index (χ2n) is 5.86. The van der Waals surface area contributed by atoms with E-state index in [1.807, 2.05) is 21.6 Å². The molecule has 0 aromatic heterocycles. The summed E-state index contributed by atoms with van der Waals surface area (Å²) in [6.07, 6.45) is 3.41. The average Bonchev–Trinajstić information content (AvgIpc) is 3.03. The first-order valence-electron chi connectivity index (χ1n) is 8.12. The van der Waals surface area contributed by atoms with Crippen molar-refractivity contribution in [1.82, 2.24) is 10.6 Å². The Labute approximate surface area is 154 Å². The van der Waals surface area contributed by atoms with Gasteiger partial charge in [-0.1, -0.05) is 28.0 Å². The Kier molecular flexibility index (Phi) is 9.73. The first-order chi connectivity index (χ1) is 11.8. The minimum absolute atomic E-state index is 0.211. The van der Waals surface area contributed by atoms with Gasteiger partial charge in [-0.05, 0) is 26.2 Å². The molecule has 1 aliphatic rings. The lowest BCUT2D eigenvalue weighted by Crippen LogP contribution is -2.51. The molecule has 4 N–H and O–H groups in total. The third kappa shape index (κ3) is 9.01. The van der Waals surface area contributed by atoms with Crippen molar-refractivity contribution in [3.63, 3.8) is 0 Å². The van der Waals surface area contributed by atoms with Crippen LogP contribution in [0.5, 0.6) is 0 Å². The molecule has 1 saturated heterocycles. The fourth-order valence-electron chi connectivity index (χ4n) is 2.25. The van der Waals surface area contributed by atoms with Crippen LogP contribution in [0, 0.1) is 0 Å². The number of hydrogen-bond acceptors (Lipinski definition) is 6. The molecule has 1 fully saturated rings. The number of unbranched alkanes of at least 4 members (excludes halogenated alkanes) is 1. The van der Waals surface area contributed by atoms with Crippen LogP contribution in [0.15, 0.2) is 0 Å². The Hall–Kier alpha value is -1.42. The van der Waals surface area contributed by atoms with E-state index in [9.17, 15) is 19.2 Å². The molecule has 142 valence electrons. The summed E-state index contributed by atoms with van der Waals surface area (Å²) in [6.45, 7) is 1.26. The smallest absolute Gasteiger partial charge is 0.325 e. The molecule has 1 aliphatic heterocycles. The Morgan fingerprint density at radius 1 is 1.16 bits per heavy atom. The zero-order valence-corrected chi connectivity index (χ0v) is 15.7. The number of carbonyl (C=O) groups excluding carboxylic acids is 2. The van der Waals surface area contributed by atoms with Crippen LogP contribution in [0.2, 0.25) is 0 Å². The number of aliphatic carboxylic acids is 2. The van der Waals surface area contributed by atoms with Gasteiger partial charge in [0.15, 0.2) is 0 Å². The van der Waals surface area contributed by atoms with Gasteiger partial charge in [0, 0.05) is 17.4 Å². The van der Waals surface area contributed by atoms with Gasteiger partial charge in [0.1, 0.15) is 12.1 Å². The molecule has 0 aromatic rings. The fraction of sp³-hybridized carbons (Fsp3) is 0.733.